The fourth-order valence-electron chi connectivity index (χ4n) is 1.61. The number of benzene rings is 1. The quantitative estimate of drug-likeness (QED) is 0.899. The largest absolute Gasteiger partial charge is 0.477 e. The van der Waals surface area contributed by atoms with Crippen molar-refractivity contribution in [3.63, 3.8) is 0 Å². The van der Waals surface area contributed by atoms with E-state index in [1.54, 1.807) is 24.3 Å². The van der Waals surface area contributed by atoms with Gasteiger partial charge in [0.25, 0.3) is 0 Å². The summed E-state index contributed by atoms with van der Waals surface area (Å²) in [6, 6.07) is 6.50. The van der Waals surface area contributed by atoms with E-state index in [4.69, 9.17) is 10.8 Å². The van der Waals surface area contributed by atoms with Crippen molar-refractivity contribution in [2.45, 2.75) is 12.7 Å². The number of hydrogen-bond acceptors (Lipinski definition) is 4. The number of halogens is 4. The van der Waals surface area contributed by atoms with Crippen LogP contribution >= 0.6 is 23.7 Å². The van der Waals surface area contributed by atoms with E-state index >= 15 is 0 Å². The van der Waals surface area contributed by atoms with Gasteiger partial charge in [0.05, 0.1) is 0 Å². The molecule has 0 bridgehead atoms. The molecular weight excluding hydrogens is 329 g/mol. The van der Waals surface area contributed by atoms with Crippen LogP contribution in [0, 0.1) is 0 Å². The monoisotopic (exact) mass is 338 g/mol. The molecule has 0 saturated carbocycles. The molecule has 2 aromatic rings. The Hall–Kier alpha value is -1.64. The zero-order valence-corrected chi connectivity index (χ0v) is 12.0. The van der Waals surface area contributed by atoms with E-state index in [0.717, 1.165) is 5.56 Å². The van der Waals surface area contributed by atoms with E-state index in [9.17, 15) is 18.0 Å². The van der Waals surface area contributed by atoms with E-state index in [-0.39, 0.29) is 24.0 Å². The van der Waals surface area contributed by atoms with Gasteiger partial charge in [-0.15, -0.1) is 23.7 Å². The summed E-state index contributed by atoms with van der Waals surface area (Å²) in [4.78, 5) is 13.5. The van der Waals surface area contributed by atoms with Crippen LogP contribution in [0.4, 0.5) is 13.2 Å². The summed E-state index contributed by atoms with van der Waals surface area (Å²) >= 11 is 0.495. The van der Waals surface area contributed by atoms with Crippen LogP contribution in [-0.4, -0.2) is 16.1 Å². The summed E-state index contributed by atoms with van der Waals surface area (Å²) in [7, 11) is 0. The molecule has 0 spiro atoms. The molecule has 0 aliphatic heterocycles. The molecule has 0 atom stereocenters. The summed E-state index contributed by atoms with van der Waals surface area (Å²) in [5.74, 6) is -1.64. The third-order valence-electron chi connectivity index (χ3n) is 2.50. The van der Waals surface area contributed by atoms with Gasteiger partial charge in [-0.3, -0.25) is 0 Å². The van der Waals surface area contributed by atoms with Crippen LogP contribution in [0.15, 0.2) is 24.3 Å². The van der Waals surface area contributed by atoms with Gasteiger partial charge in [-0.1, -0.05) is 18.2 Å². The van der Waals surface area contributed by atoms with E-state index < -0.39 is 22.7 Å². The van der Waals surface area contributed by atoms with Crippen LogP contribution in [-0.2, 0) is 12.7 Å². The Morgan fingerprint density at radius 3 is 2.52 bits per heavy atom. The number of carboxylic acid groups (broad SMARTS) is 1. The van der Waals surface area contributed by atoms with Crippen molar-refractivity contribution in [3.8, 4) is 10.6 Å². The van der Waals surface area contributed by atoms with Gasteiger partial charge in [0.1, 0.15) is 9.88 Å². The maximum absolute atomic E-state index is 12.7. The molecule has 9 heteroatoms. The number of alkyl halides is 3. The number of nitrogens with two attached hydrogens (primary N) is 1. The predicted molar refractivity (Wildman–Crippen MR) is 74.7 cm³/mol. The van der Waals surface area contributed by atoms with Gasteiger partial charge in [0.2, 0.25) is 0 Å². The standard InChI is InChI=1S/C12H9F3N2O2S.ClH/c13-12(14,15)9-8(11(18)19)20-10(17-9)7-3-1-2-6(4-7)5-16;/h1-4H,5,16H2,(H,18,19);1H. The number of rotatable bonds is 3. The minimum Gasteiger partial charge on any atom is -0.477 e. The molecule has 1 heterocycles. The lowest BCUT2D eigenvalue weighted by Crippen LogP contribution is -2.11. The topological polar surface area (TPSA) is 76.2 Å². The van der Waals surface area contributed by atoms with E-state index in [1.165, 1.54) is 0 Å². The Labute approximate surface area is 127 Å². The first-order valence-electron chi connectivity index (χ1n) is 5.43. The number of nitrogens with zero attached hydrogens (tertiary/aromatic N) is 1. The maximum Gasteiger partial charge on any atom is 0.435 e. The Bertz CT molecular complexity index is 658. The zero-order chi connectivity index (χ0) is 14.9. The number of carbonyl (C=O) groups is 1. The van der Waals surface area contributed by atoms with Gasteiger partial charge in [-0.05, 0) is 11.6 Å². The first-order valence-corrected chi connectivity index (χ1v) is 6.25. The van der Waals surface area contributed by atoms with Crippen molar-refractivity contribution in [2.24, 2.45) is 5.73 Å². The van der Waals surface area contributed by atoms with Gasteiger partial charge in [0, 0.05) is 12.1 Å². The highest BCUT2D eigenvalue weighted by atomic mass is 35.5. The Morgan fingerprint density at radius 1 is 1.38 bits per heavy atom. The fourth-order valence-corrected chi connectivity index (χ4v) is 2.53. The zero-order valence-electron chi connectivity index (χ0n) is 10.3. The second kappa shape index (κ2) is 6.42. The van der Waals surface area contributed by atoms with Gasteiger partial charge in [0.15, 0.2) is 5.69 Å². The Kier molecular flexibility index (Phi) is 5.32. The van der Waals surface area contributed by atoms with Crippen molar-refractivity contribution in [2.75, 3.05) is 0 Å². The smallest absolute Gasteiger partial charge is 0.435 e. The summed E-state index contributed by atoms with van der Waals surface area (Å²) in [5, 5.41) is 8.85. The van der Waals surface area contributed by atoms with Crippen LogP contribution in [0.1, 0.15) is 20.9 Å². The first-order chi connectivity index (χ1) is 9.32. The lowest BCUT2D eigenvalue weighted by Gasteiger charge is -2.02. The molecule has 1 aromatic carbocycles. The highest BCUT2D eigenvalue weighted by molar-refractivity contribution is 7.17. The molecule has 0 radical (unpaired) electrons. The van der Waals surface area contributed by atoms with Gasteiger partial charge in [-0.25, -0.2) is 9.78 Å². The minimum absolute atomic E-state index is 0. The molecule has 0 aliphatic rings. The second-order valence-corrected chi connectivity index (χ2v) is 4.90. The van der Waals surface area contributed by atoms with Crippen LogP contribution in [0.2, 0.25) is 0 Å². The van der Waals surface area contributed by atoms with E-state index in [2.05, 4.69) is 4.98 Å². The minimum atomic E-state index is -4.80. The SMILES string of the molecule is Cl.NCc1cccc(-c2nc(C(F)(F)F)c(C(=O)O)s2)c1. The Morgan fingerprint density at radius 2 is 2.05 bits per heavy atom. The number of aromatic nitrogens is 1. The number of hydrogen-bond donors (Lipinski definition) is 2. The molecule has 0 unspecified atom stereocenters. The second-order valence-electron chi connectivity index (χ2n) is 3.90. The van der Waals surface area contributed by atoms with E-state index in [0.29, 0.717) is 16.9 Å². The first kappa shape index (κ1) is 17.4. The van der Waals surface area contributed by atoms with Gasteiger partial charge >= 0.3 is 12.1 Å². The maximum atomic E-state index is 12.7. The van der Waals surface area contributed by atoms with Crippen LogP contribution in [0.3, 0.4) is 0 Å². The molecule has 114 valence electrons. The summed E-state index contributed by atoms with van der Waals surface area (Å²) in [6.45, 7) is 0.233. The van der Waals surface area contributed by atoms with E-state index in [1.807, 2.05) is 0 Å². The summed E-state index contributed by atoms with van der Waals surface area (Å²) < 4.78 is 38.2. The van der Waals surface area contributed by atoms with Gasteiger partial charge in [-0.2, -0.15) is 13.2 Å². The molecule has 0 saturated heterocycles. The van der Waals surface area contributed by atoms with Gasteiger partial charge < -0.3 is 10.8 Å². The highest BCUT2D eigenvalue weighted by Crippen LogP contribution is 2.37. The number of thiazole rings is 1. The molecule has 2 rings (SSSR count). The molecule has 3 N–H and O–H groups in total. The molecule has 21 heavy (non-hydrogen) atoms. The highest BCUT2D eigenvalue weighted by Gasteiger charge is 2.39. The van der Waals surface area contributed by atoms with Crippen molar-refractivity contribution in [3.05, 3.63) is 40.4 Å². The third-order valence-corrected chi connectivity index (χ3v) is 3.59. The van der Waals surface area contributed by atoms with Crippen LogP contribution < -0.4 is 5.73 Å². The molecular formula is C12H10ClF3N2O2S. The van der Waals surface area contributed by atoms with Crippen molar-refractivity contribution in [1.29, 1.82) is 0 Å². The summed E-state index contributed by atoms with van der Waals surface area (Å²) in [5.41, 5.74) is 5.22. The fraction of sp³-hybridized carbons (Fsp3) is 0.167. The third kappa shape index (κ3) is 3.72. The van der Waals surface area contributed by atoms with Crippen molar-refractivity contribution >= 4 is 29.7 Å². The summed E-state index contributed by atoms with van der Waals surface area (Å²) in [6.07, 6.45) is -4.80. The lowest BCUT2D eigenvalue weighted by atomic mass is 10.1. The molecule has 0 fully saturated rings. The van der Waals surface area contributed by atoms with Crippen LogP contribution in [0.25, 0.3) is 10.6 Å². The number of aromatic carboxylic acids is 1. The molecule has 1 aromatic heterocycles. The molecule has 0 aliphatic carbocycles. The van der Waals surface area contributed by atoms with Crippen LogP contribution in [0.5, 0.6) is 0 Å². The molecule has 0 amide bonds. The predicted octanol–water partition coefficient (Wildman–Crippen LogP) is 3.41. The Balaban J connectivity index is 0.00000220. The van der Waals surface area contributed by atoms with Crippen molar-refractivity contribution in [1.82, 2.24) is 4.98 Å². The lowest BCUT2D eigenvalue weighted by molar-refractivity contribution is -0.141. The van der Waals surface area contributed by atoms with Crippen molar-refractivity contribution < 1.29 is 23.1 Å². The number of carboxylic acids is 1. The normalized spacial score (nSPS) is 11.0. The average molecular weight is 339 g/mol. The molecule has 4 nitrogen and oxygen atoms in total. The average Bonchev–Trinajstić information content (AvgIpc) is 2.84.